The van der Waals surface area contributed by atoms with Gasteiger partial charge in [-0.2, -0.15) is 13.2 Å². The number of nitrogens with two attached hydrogens (primary N) is 1. The number of methoxy groups -OCH3 is 1. The van der Waals surface area contributed by atoms with E-state index < -0.39 is 38.5 Å². The lowest BCUT2D eigenvalue weighted by Gasteiger charge is -2.29. The predicted octanol–water partition coefficient (Wildman–Crippen LogP) is 3.96. The predicted molar refractivity (Wildman–Crippen MR) is 127 cm³/mol. The normalized spacial score (nSPS) is 14.5. The molecule has 1 aromatic carbocycles. The Morgan fingerprint density at radius 2 is 1.86 bits per heavy atom. The van der Waals surface area contributed by atoms with Crippen molar-refractivity contribution < 1.29 is 31.1 Å². The summed E-state index contributed by atoms with van der Waals surface area (Å²) in [6.45, 7) is 3.43. The molecule has 2 heterocycles. The van der Waals surface area contributed by atoms with E-state index in [4.69, 9.17) is 10.5 Å². The van der Waals surface area contributed by atoms with E-state index in [1.165, 1.54) is 25.4 Å². The van der Waals surface area contributed by atoms with E-state index in [0.29, 0.717) is 24.7 Å². The van der Waals surface area contributed by atoms with Crippen molar-refractivity contribution in [2.24, 2.45) is 5.73 Å². The standard InChI is InChI=1S/C22H22F3N5O4S2/c1-21(2,16-10-35-20(29-16)30-36(32,33)11-4-5-11)17-12(6-7-13(19(26)31)18(17)34-3)14-8-27-9-15(28-14)22(23,24)25/h6-11H,4-5H2,1-3H3,(H2,26,31)(H,29,30). The molecule has 0 unspecified atom stereocenters. The Hall–Kier alpha value is -3.26. The van der Waals surface area contributed by atoms with Gasteiger partial charge < -0.3 is 10.5 Å². The Bertz CT molecular complexity index is 1430. The molecular formula is C22H22F3N5O4S2. The van der Waals surface area contributed by atoms with Crippen LogP contribution in [0.4, 0.5) is 18.3 Å². The minimum Gasteiger partial charge on any atom is -0.496 e. The van der Waals surface area contributed by atoms with Crippen LogP contribution in [0.15, 0.2) is 29.9 Å². The number of thiazole rings is 1. The Morgan fingerprint density at radius 3 is 2.44 bits per heavy atom. The van der Waals surface area contributed by atoms with Crippen LogP contribution in [-0.4, -0.2) is 41.6 Å². The van der Waals surface area contributed by atoms with Crippen LogP contribution in [0.2, 0.25) is 0 Å². The van der Waals surface area contributed by atoms with E-state index in [0.717, 1.165) is 11.3 Å². The van der Waals surface area contributed by atoms with Crippen molar-refractivity contribution >= 4 is 32.4 Å². The molecule has 36 heavy (non-hydrogen) atoms. The fraction of sp³-hybridized carbons (Fsp3) is 0.364. The summed E-state index contributed by atoms with van der Waals surface area (Å²) < 4.78 is 72.7. The number of halogens is 3. The fourth-order valence-corrected chi connectivity index (χ4v) is 6.25. The van der Waals surface area contributed by atoms with Crippen LogP contribution in [0.25, 0.3) is 11.3 Å². The summed E-state index contributed by atoms with van der Waals surface area (Å²) >= 11 is 1.06. The summed E-state index contributed by atoms with van der Waals surface area (Å²) in [6, 6.07) is 2.77. The molecule has 2 aromatic heterocycles. The molecule has 14 heteroatoms. The van der Waals surface area contributed by atoms with Crippen LogP contribution in [0.5, 0.6) is 5.75 Å². The molecule has 9 nitrogen and oxygen atoms in total. The number of hydrogen-bond donors (Lipinski definition) is 2. The number of rotatable bonds is 8. The van der Waals surface area contributed by atoms with E-state index in [1.807, 2.05) is 0 Å². The third-order valence-electron chi connectivity index (χ3n) is 5.79. The van der Waals surface area contributed by atoms with Crippen LogP contribution >= 0.6 is 11.3 Å². The van der Waals surface area contributed by atoms with Gasteiger partial charge in [0.1, 0.15) is 5.75 Å². The van der Waals surface area contributed by atoms with E-state index in [2.05, 4.69) is 19.7 Å². The highest BCUT2D eigenvalue weighted by molar-refractivity contribution is 7.93. The van der Waals surface area contributed by atoms with Gasteiger partial charge in [-0.25, -0.2) is 18.4 Å². The number of alkyl halides is 3. The van der Waals surface area contributed by atoms with Gasteiger partial charge in [-0.3, -0.25) is 14.5 Å². The minimum absolute atomic E-state index is 0.00847. The highest BCUT2D eigenvalue weighted by Gasteiger charge is 2.39. The number of carbonyl (C=O) groups excluding carboxylic acids is 1. The number of benzene rings is 1. The summed E-state index contributed by atoms with van der Waals surface area (Å²) in [5.41, 5.74) is 4.05. The molecule has 4 rings (SSSR count). The highest BCUT2D eigenvalue weighted by Crippen LogP contribution is 2.45. The second kappa shape index (κ2) is 9.00. The average Bonchev–Trinajstić information content (AvgIpc) is 3.57. The molecule has 0 saturated heterocycles. The Morgan fingerprint density at radius 1 is 1.17 bits per heavy atom. The van der Waals surface area contributed by atoms with Crippen molar-refractivity contribution in [2.45, 2.75) is 43.5 Å². The van der Waals surface area contributed by atoms with Gasteiger partial charge in [-0.05, 0) is 32.8 Å². The van der Waals surface area contributed by atoms with Crippen molar-refractivity contribution in [2.75, 3.05) is 11.8 Å². The summed E-state index contributed by atoms with van der Waals surface area (Å²) in [6.07, 6.45) is -1.78. The first-order valence-corrected chi connectivity index (χ1v) is 13.1. The molecule has 1 saturated carbocycles. The molecule has 0 spiro atoms. The second-order valence-electron chi connectivity index (χ2n) is 8.73. The van der Waals surface area contributed by atoms with E-state index in [1.54, 1.807) is 19.2 Å². The first kappa shape index (κ1) is 25.8. The molecular weight excluding hydrogens is 519 g/mol. The SMILES string of the molecule is COc1c(C(N)=O)ccc(-c2cncc(C(F)(F)F)n2)c1C(C)(C)c1csc(NS(=O)(=O)C2CC2)n1. The van der Waals surface area contributed by atoms with Crippen molar-refractivity contribution in [3.8, 4) is 17.0 Å². The number of hydrogen-bond acceptors (Lipinski definition) is 8. The summed E-state index contributed by atoms with van der Waals surface area (Å²) in [7, 11) is -2.25. The van der Waals surface area contributed by atoms with Gasteiger partial charge in [-0.15, -0.1) is 11.3 Å². The molecule has 1 aliphatic carbocycles. The number of carbonyl (C=O) groups is 1. The minimum atomic E-state index is -4.72. The molecule has 0 bridgehead atoms. The Kier molecular flexibility index (Phi) is 6.45. The number of ether oxygens (including phenoxy) is 1. The third-order valence-corrected chi connectivity index (χ3v) is 8.50. The van der Waals surface area contributed by atoms with E-state index in [9.17, 15) is 26.4 Å². The number of nitrogens with zero attached hydrogens (tertiary/aromatic N) is 3. The Balaban J connectivity index is 1.88. The molecule has 0 atom stereocenters. The maximum absolute atomic E-state index is 13.3. The number of primary amides is 1. The summed E-state index contributed by atoms with van der Waals surface area (Å²) in [5.74, 6) is -0.765. The van der Waals surface area contributed by atoms with Crippen molar-refractivity contribution in [1.29, 1.82) is 0 Å². The van der Waals surface area contributed by atoms with E-state index >= 15 is 0 Å². The molecule has 0 radical (unpaired) electrons. The second-order valence-corrected chi connectivity index (χ2v) is 11.5. The van der Waals surface area contributed by atoms with Crippen LogP contribution in [0.1, 0.15) is 54.0 Å². The first-order valence-electron chi connectivity index (χ1n) is 10.6. The number of aromatic nitrogens is 3. The summed E-state index contributed by atoms with van der Waals surface area (Å²) in [5, 5.41) is 1.33. The molecule has 1 aliphatic rings. The van der Waals surface area contributed by atoms with Gasteiger partial charge in [0.2, 0.25) is 10.0 Å². The fourth-order valence-electron chi connectivity index (χ4n) is 3.77. The van der Waals surface area contributed by atoms with Crippen LogP contribution in [-0.2, 0) is 21.6 Å². The van der Waals surface area contributed by atoms with Gasteiger partial charge in [0.15, 0.2) is 10.8 Å². The molecule has 0 aliphatic heterocycles. The molecule has 1 fully saturated rings. The Labute approximate surface area is 209 Å². The maximum Gasteiger partial charge on any atom is 0.434 e. The quantitative estimate of drug-likeness (QED) is 0.440. The number of nitrogens with one attached hydrogen (secondary N) is 1. The zero-order chi connectivity index (χ0) is 26.5. The van der Waals surface area contributed by atoms with Crippen molar-refractivity contribution in [3.05, 3.63) is 52.4 Å². The third kappa shape index (κ3) is 4.87. The smallest absolute Gasteiger partial charge is 0.434 e. The van der Waals surface area contributed by atoms with Crippen LogP contribution < -0.4 is 15.2 Å². The van der Waals surface area contributed by atoms with Gasteiger partial charge in [0.25, 0.3) is 5.91 Å². The van der Waals surface area contributed by atoms with Gasteiger partial charge >= 0.3 is 6.18 Å². The summed E-state index contributed by atoms with van der Waals surface area (Å²) in [4.78, 5) is 24.0. The number of sulfonamides is 1. The van der Waals surface area contributed by atoms with E-state index in [-0.39, 0.29) is 33.3 Å². The molecule has 1 amide bonds. The molecule has 3 aromatic rings. The topological polar surface area (TPSA) is 137 Å². The monoisotopic (exact) mass is 541 g/mol. The van der Waals surface area contributed by atoms with Crippen molar-refractivity contribution in [1.82, 2.24) is 15.0 Å². The number of anilines is 1. The zero-order valence-corrected chi connectivity index (χ0v) is 21.0. The molecule has 3 N–H and O–H groups in total. The lowest BCUT2D eigenvalue weighted by Crippen LogP contribution is -2.24. The van der Waals surface area contributed by atoms with Gasteiger partial charge in [0.05, 0.1) is 41.7 Å². The van der Waals surface area contributed by atoms with Crippen LogP contribution in [0.3, 0.4) is 0 Å². The lowest BCUT2D eigenvalue weighted by molar-refractivity contribution is -0.141. The molecule has 192 valence electrons. The number of amides is 1. The average molecular weight is 542 g/mol. The highest BCUT2D eigenvalue weighted by atomic mass is 32.2. The van der Waals surface area contributed by atoms with Crippen molar-refractivity contribution in [3.63, 3.8) is 0 Å². The van der Waals surface area contributed by atoms with Gasteiger partial charge in [-0.1, -0.05) is 6.07 Å². The van der Waals surface area contributed by atoms with Crippen LogP contribution in [0, 0.1) is 0 Å². The first-order chi connectivity index (χ1) is 16.8. The maximum atomic E-state index is 13.3. The van der Waals surface area contributed by atoms with Gasteiger partial charge in [0, 0.05) is 21.9 Å². The largest absolute Gasteiger partial charge is 0.496 e. The lowest BCUT2D eigenvalue weighted by atomic mass is 9.77. The zero-order valence-electron chi connectivity index (χ0n) is 19.4.